The molecule has 0 heterocycles. The molecule has 1 N–H and O–H groups in total. The quantitative estimate of drug-likeness (QED) is 0.746. The molecule has 0 aromatic heterocycles. The first-order valence-electron chi connectivity index (χ1n) is 6.64. The summed E-state index contributed by atoms with van der Waals surface area (Å²) in [5.41, 5.74) is 1.37. The highest BCUT2D eigenvalue weighted by Gasteiger charge is 2.09. The molecular formula is C16H22BrN. The average molecular weight is 308 g/mol. The Bertz CT molecular complexity index is 403. The van der Waals surface area contributed by atoms with Gasteiger partial charge in [-0.1, -0.05) is 41.1 Å². The summed E-state index contributed by atoms with van der Waals surface area (Å²) in [5, 5.41) is 3.62. The zero-order valence-corrected chi connectivity index (χ0v) is 12.9. The van der Waals surface area contributed by atoms with Crippen molar-refractivity contribution in [1.82, 2.24) is 5.32 Å². The summed E-state index contributed by atoms with van der Waals surface area (Å²) in [7, 11) is 0. The zero-order valence-electron chi connectivity index (χ0n) is 11.3. The monoisotopic (exact) mass is 307 g/mol. The van der Waals surface area contributed by atoms with Crippen molar-refractivity contribution in [2.45, 2.75) is 45.6 Å². The predicted octanol–water partition coefficient (Wildman–Crippen LogP) is 4.16. The molecule has 1 atom stereocenters. The molecule has 1 aromatic rings. The summed E-state index contributed by atoms with van der Waals surface area (Å²) in [6.45, 7) is 5.19. The first kappa shape index (κ1) is 15.3. The molecule has 1 unspecified atom stereocenters. The smallest absolute Gasteiger partial charge is 0.0207 e. The highest BCUT2D eigenvalue weighted by atomic mass is 79.9. The van der Waals surface area contributed by atoms with Crippen LogP contribution >= 0.6 is 15.9 Å². The van der Waals surface area contributed by atoms with Gasteiger partial charge in [0, 0.05) is 16.9 Å². The van der Waals surface area contributed by atoms with E-state index in [9.17, 15) is 0 Å². The van der Waals surface area contributed by atoms with E-state index in [1.807, 2.05) is 6.92 Å². The Morgan fingerprint density at radius 3 is 2.78 bits per heavy atom. The van der Waals surface area contributed by atoms with Gasteiger partial charge in [-0.3, -0.25) is 0 Å². The van der Waals surface area contributed by atoms with Crippen LogP contribution in [0.15, 0.2) is 28.7 Å². The molecule has 0 saturated carbocycles. The van der Waals surface area contributed by atoms with Crippen LogP contribution in [0.2, 0.25) is 0 Å². The number of benzene rings is 1. The SMILES string of the molecule is CC#CCCC(Cc1ccccc1Br)NCCC. The maximum Gasteiger partial charge on any atom is 0.0207 e. The van der Waals surface area contributed by atoms with Crippen molar-refractivity contribution in [1.29, 1.82) is 0 Å². The number of nitrogens with one attached hydrogen (secondary N) is 1. The van der Waals surface area contributed by atoms with Gasteiger partial charge in [0.1, 0.15) is 0 Å². The third kappa shape index (κ3) is 5.71. The Labute approximate surface area is 119 Å². The lowest BCUT2D eigenvalue weighted by molar-refractivity contribution is 0.482. The summed E-state index contributed by atoms with van der Waals surface area (Å²) in [5.74, 6) is 6.12. The van der Waals surface area contributed by atoms with Crippen molar-refractivity contribution >= 4 is 15.9 Å². The second-order valence-electron chi connectivity index (χ2n) is 4.41. The van der Waals surface area contributed by atoms with Crippen LogP contribution in [0.5, 0.6) is 0 Å². The van der Waals surface area contributed by atoms with Gasteiger partial charge in [-0.15, -0.1) is 11.8 Å². The van der Waals surface area contributed by atoms with Gasteiger partial charge in [-0.05, 0) is 44.4 Å². The van der Waals surface area contributed by atoms with E-state index in [0.717, 1.165) is 25.8 Å². The predicted molar refractivity (Wildman–Crippen MR) is 82.6 cm³/mol. The van der Waals surface area contributed by atoms with Gasteiger partial charge in [0.25, 0.3) is 0 Å². The molecule has 2 heteroatoms. The average Bonchev–Trinajstić information content (AvgIpc) is 2.38. The highest BCUT2D eigenvalue weighted by Crippen LogP contribution is 2.18. The van der Waals surface area contributed by atoms with Crippen LogP contribution in [0.25, 0.3) is 0 Å². The third-order valence-electron chi connectivity index (χ3n) is 2.90. The van der Waals surface area contributed by atoms with E-state index in [1.165, 1.54) is 16.5 Å². The van der Waals surface area contributed by atoms with Crippen LogP contribution in [0.3, 0.4) is 0 Å². The van der Waals surface area contributed by atoms with Gasteiger partial charge in [0.05, 0.1) is 0 Å². The largest absolute Gasteiger partial charge is 0.314 e. The van der Waals surface area contributed by atoms with Crippen LogP contribution in [0.4, 0.5) is 0 Å². The normalized spacial score (nSPS) is 11.7. The Kier molecular flexibility index (Phi) is 7.80. The minimum atomic E-state index is 0.518. The maximum absolute atomic E-state index is 3.62. The standard InChI is InChI=1S/C16H22BrN/c1-3-5-6-10-15(18-12-4-2)13-14-9-7-8-11-16(14)17/h7-9,11,15,18H,4,6,10,12-13H2,1-2H3. The molecule has 0 fully saturated rings. The van der Waals surface area contributed by atoms with Crippen molar-refractivity contribution in [3.63, 3.8) is 0 Å². The van der Waals surface area contributed by atoms with Crippen LogP contribution in [0, 0.1) is 11.8 Å². The Hall–Kier alpha value is -0.780. The van der Waals surface area contributed by atoms with E-state index in [-0.39, 0.29) is 0 Å². The minimum Gasteiger partial charge on any atom is -0.314 e. The summed E-state index contributed by atoms with van der Waals surface area (Å²) >= 11 is 3.62. The fourth-order valence-corrected chi connectivity index (χ4v) is 2.37. The van der Waals surface area contributed by atoms with E-state index in [0.29, 0.717) is 6.04 Å². The van der Waals surface area contributed by atoms with Crippen LogP contribution < -0.4 is 5.32 Å². The van der Waals surface area contributed by atoms with Crippen LogP contribution in [0.1, 0.15) is 38.7 Å². The van der Waals surface area contributed by atoms with Crippen molar-refractivity contribution < 1.29 is 0 Å². The lowest BCUT2D eigenvalue weighted by Crippen LogP contribution is -2.31. The fraction of sp³-hybridized carbons (Fsp3) is 0.500. The Balaban J connectivity index is 2.58. The van der Waals surface area contributed by atoms with Crippen molar-refractivity contribution in [2.24, 2.45) is 0 Å². The summed E-state index contributed by atoms with van der Waals surface area (Å²) in [6, 6.07) is 8.98. The number of hydrogen-bond acceptors (Lipinski definition) is 1. The van der Waals surface area contributed by atoms with Crippen molar-refractivity contribution in [3.05, 3.63) is 34.3 Å². The van der Waals surface area contributed by atoms with E-state index in [1.54, 1.807) is 0 Å². The molecule has 0 saturated heterocycles. The van der Waals surface area contributed by atoms with Crippen LogP contribution in [-0.2, 0) is 6.42 Å². The molecule has 1 nitrogen and oxygen atoms in total. The zero-order chi connectivity index (χ0) is 13.2. The molecule has 0 radical (unpaired) electrons. The molecular weight excluding hydrogens is 286 g/mol. The van der Waals surface area contributed by atoms with Gasteiger partial charge in [-0.2, -0.15) is 0 Å². The highest BCUT2D eigenvalue weighted by molar-refractivity contribution is 9.10. The number of halogens is 1. The van der Waals surface area contributed by atoms with Crippen LogP contribution in [-0.4, -0.2) is 12.6 Å². The molecule has 1 aromatic carbocycles. The van der Waals surface area contributed by atoms with Gasteiger partial charge >= 0.3 is 0 Å². The molecule has 98 valence electrons. The number of hydrogen-bond donors (Lipinski definition) is 1. The first-order valence-corrected chi connectivity index (χ1v) is 7.43. The molecule has 18 heavy (non-hydrogen) atoms. The van der Waals surface area contributed by atoms with Gasteiger partial charge in [0.2, 0.25) is 0 Å². The summed E-state index contributed by atoms with van der Waals surface area (Å²) < 4.78 is 1.20. The second-order valence-corrected chi connectivity index (χ2v) is 5.27. The third-order valence-corrected chi connectivity index (χ3v) is 3.68. The lowest BCUT2D eigenvalue weighted by atomic mass is 10.0. The first-order chi connectivity index (χ1) is 8.77. The topological polar surface area (TPSA) is 12.0 Å². The van der Waals surface area contributed by atoms with E-state index in [2.05, 4.69) is 64.3 Å². The maximum atomic E-state index is 3.62. The molecule has 0 amide bonds. The Morgan fingerprint density at radius 1 is 1.33 bits per heavy atom. The van der Waals surface area contributed by atoms with Gasteiger partial charge in [-0.25, -0.2) is 0 Å². The van der Waals surface area contributed by atoms with Crippen molar-refractivity contribution in [2.75, 3.05) is 6.54 Å². The van der Waals surface area contributed by atoms with Gasteiger partial charge < -0.3 is 5.32 Å². The van der Waals surface area contributed by atoms with E-state index >= 15 is 0 Å². The minimum absolute atomic E-state index is 0.518. The molecule has 0 aliphatic heterocycles. The fourth-order valence-electron chi connectivity index (χ4n) is 1.93. The summed E-state index contributed by atoms with van der Waals surface area (Å²) in [4.78, 5) is 0. The molecule has 0 aliphatic carbocycles. The molecule has 0 bridgehead atoms. The summed E-state index contributed by atoms with van der Waals surface area (Å²) in [6.07, 6.45) is 4.32. The molecule has 1 rings (SSSR count). The molecule has 0 spiro atoms. The lowest BCUT2D eigenvalue weighted by Gasteiger charge is -2.18. The number of rotatable bonds is 7. The second kappa shape index (κ2) is 9.19. The van der Waals surface area contributed by atoms with Gasteiger partial charge in [0.15, 0.2) is 0 Å². The Morgan fingerprint density at radius 2 is 2.11 bits per heavy atom. The van der Waals surface area contributed by atoms with Crippen molar-refractivity contribution in [3.8, 4) is 11.8 Å². The van der Waals surface area contributed by atoms with E-state index in [4.69, 9.17) is 0 Å². The molecule has 0 aliphatic rings. The van der Waals surface area contributed by atoms with E-state index < -0.39 is 0 Å².